The maximum absolute atomic E-state index is 12.1. The Labute approximate surface area is 128 Å². The van der Waals surface area contributed by atoms with Crippen LogP contribution < -0.4 is 5.32 Å². The van der Waals surface area contributed by atoms with Crippen molar-refractivity contribution in [3.63, 3.8) is 0 Å². The Bertz CT molecular complexity index is 743. The van der Waals surface area contributed by atoms with E-state index in [1.165, 1.54) is 0 Å². The van der Waals surface area contributed by atoms with Gasteiger partial charge < -0.3 is 14.3 Å². The molecule has 0 aliphatic carbocycles. The number of oxazole rings is 1. The van der Waals surface area contributed by atoms with Crippen molar-refractivity contribution >= 4 is 5.91 Å². The molecule has 2 heterocycles. The summed E-state index contributed by atoms with van der Waals surface area (Å²) in [5.74, 6) is 1.32. The van der Waals surface area contributed by atoms with Gasteiger partial charge in [-0.1, -0.05) is 0 Å². The topological polar surface area (TPSA) is 60.1 Å². The van der Waals surface area contributed by atoms with Gasteiger partial charge in [-0.15, -0.1) is 0 Å². The van der Waals surface area contributed by atoms with Crippen LogP contribution in [0.3, 0.4) is 0 Å². The maximum atomic E-state index is 12.1. The van der Waals surface area contributed by atoms with Crippen molar-refractivity contribution in [2.45, 2.75) is 13.3 Å². The van der Waals surface area contributed by atoms with Gasteiger partial charge >= 0.3 is 0 Å². The lowest BCUT2D eigenvalue weighted by Crippen LogP contribution is -2.25. The lowest BCUT2D eigenvalue weighted by Gasteiger charge is -2.06. The number of hydrogen-bond donors (Lipinski definition) is 1. The predicted molar refractivity (Wildman–Crippen MR) is 83.0 cm³/mol. The van der Waals surface area contributed by atoms with E-state index in [2.05, 4.69) is 10.3 Å². The third-order valence-corrected chi connectivity index (χ3v) is 3.33. The summed E-state index contributed by atoms with van der Waals surface area (Å²) >= 11 is 0. The molecule has 0 unspecified atom stereocenters. The third-order valence-electron chi connectivity index (χ3n) is 3.33. The number of carbonyl (C=O) groups is 1. The summed E-state index contributed by atoms with van der Waals surface area (Å²) < 4.78 is 7.36. The first-order valence-electron chi connectivity index (χ1n) is 7.15. The number of carbonyl (C=O) groups excluding carboxylic acids is 1. The van der Waals surface area contributed by atoms with Crippen LogP contribution in [0, 0.1) is 6.92 Å². The second kappa shape index (κ2) is 6.30. The smallest absolute Gasteiger partial charge is 0.251 e. The van der Waals surface area contributed by atoms with E-state index in [4.69, 9.17) is 4.42 Å². The van der Waals surface area contributed by atoms with Crippen molar-refractivity contribution < 1.29 is 9.21 Å². The number of aryl methyl sites for hydroxylation is 1. The summed E-state index contributed by atoms with van der Waals surface area (Å²) in [4.78, 5) is 16.2. The SMILES string of the molecule is Cc1cnc(CCNC(=O)c2ccc(-n3cccc3)cc2)o1. The molecule has 112 valence electrons. The van der Waals surface area contributed by atoms with E-state index in [1.54, 1.807) is 6.20 Å². The molecule has 0 fully saturated rings. The summed E-state index contributed by atoms with van der Waals surface area (Å²) in [6.07, 6.45) is 6.19. The molecular weight excluding hydrogens is 278 g/mol. The summed E-state index contributed by atoms with van der Waals surface area (Å²) in [5, 5.41) is 2.87. The van der Waals surface area contributed by atoms with Crippen molar-refractivity contribution in [2.24, 2.45) is 0 Å². The molecule has 1 amide bonds. The molecule has 0 bridgehead atoms. The zero-order valence-corrected chi connectivity index (χ0v) is 12.3. The van der Waals surface area contributed by atoms with Crippen molar-refractivity contribution in [1.82, 2.24) is 14.9 Å². The zero-order valence-electron chi connectivity index (χ0n) is 12.3. The van der Waals surface area contributed by atoms with Crippen molar-refractivity contribution in [3.8, 4) is 5.69 Å². The molecule has 0 aliphatic heterocycles. The highest BCUT2D eigenvalue weighted by molar-refractivity contribution is 5.94. The first kappa shape index (κ1) is 14.1. The Morgan fingerprint density at radius 2 is 1.95 bits per heavy atom. The van der Waals surface area contributed by atoms with E-state index in [-0.39, 0.29) is 5.91 Å². The molecule has 0 spiro atoms. The molecule has 22 heavy (non-hydrogen) atoms. The molecular formula is C17H17N3O2. The van der Waals surface area contributed by atoms with Crippen LogP contribution in [0.2, 0.25) is 0 Å². The summed E-state index contributed by atoms with van der Waals surface area (Å²) in [5.41, 5.74) is 1.66. The highest BCUT2D eigenvalue weighted by atomic mass is 16.4. The highest BCUT2D eigenvalue weighted by Crippen LogP contribution is 2.10. The highest BCUT2D eigenvalue weighted by Gasteiger charge is 2.06. The first-order valence-corrected chi connectivity index (χ1v) is 7.15. The van der Waals surface area contributed by atoms with E-state index in [0.717, 1.165) is 11.4 Å². The average molecular weight is 295 g/mol. The molecule has 5 nitrogen and oxygen atoms in total. The van der Waals surface area contributed by atoms with Gasteiger partial charge in [0.25, 0.3) is 5.91 Å². The van der Waals surface area contributed by atoms with Gasteiger partial charge in [0.15, 0.2) is 5.89 Å². The van der Waals surface area contributed by atoms with E-state index in [9.17, 15) is 4.79 Å². The van der Waals surface area contributed by atoms with E-state index < -0.39 is 0 Å². The minimum Gasteiger partial charge on any atom is -0.446 e. The Hall–Kier alpha value is -2.82. The first-order chi connectivity index (χ1) is 10.7. The second-order valence-corrected chi connectivity index (χ2v) is 5.01. The van der Waals surface area contributed by atoms with Gasteiger partial charge in [-0.3, -0.25) is 4.79 Å². The summed E-state index contributed by atoms with van der Waals surface area (Å²) in [6, 6.07) is 11.4. The van der Waals surface area contributed by atoms with Crippen LogP contribution in [0.4, 0.5) is 0 Å². The standard InChI is InChI=1S/C17H17N3O2/c1-13-12-19-16(22-13)8-9-18-17(21)14-4-6-15(7-5-14)20-10-2-3-11-20/h2-7,10-12H,8-9H2,1H3,(H,18,21). The molecule has 0 saturated carbocycles. The van der Waals surface area contributed by atoms with Gasteiger partial charge in [-0.2, -0.15) is 0 Å². The van der Waals surface area contributed by atoms with E-state index in [0.29, 0.717) is 24.4 Å². The number of nitrogens with one attached hydrogen (secondary N) is 1. The fourth-order valence-corrected chi connectivity index (χ4v) is 2.19. The fraction of sp³-hybridized carbons (Fsp3) is 0.176. The minimum absolute atomic E-state index is 0.0951. The number of rotatable bonds is 5. The lowest BCUT2D eigenvalue weighted by atomic mass is 10.2. The average Bonchev–Trinajstić information content (AvgIpc) is 3.19. The predicted octanol–water partition coefficient (Wildman–Crippen LogP) is 2.75. The molecule has 1 aromatic carbocycles. The van der Waals surface area contributed by atoms with Crippen LogP contribution >= 0.6 is 0 Å². The summed E-state index contributed by atoms with van der Waals surface area (Å²) in [6.45, 7) is 2.35. The molecule has 0 radical (unpaired) electrons. The van der Waals surface area contributed by atoms with Crippen LogP contribution in [0.25, 0.3) is 5.69 Å². The molecule has 1 N–H and O–H groups in total. The quantitative estimate of drug-likeness (QED) is 0.787. The van der Waals surface area contributed by atoms with Gasteiger partial charge in [-0.05, 0) is 43.3 Å². The van der Waals surface area contributed by atoms with Gasteiger partial charge in [0.2, 0.25) is 0 Å². The molecule has 3 rings (SSSR count). The van der Waals surface area contributed by atoms with Crippen LogP contribution in [-0.2, 0) is 6.42 Å². The summed E-state index contributed by atoms with van der Waals surface area (Å²) in [7, 11) is 0. The van der Waals surface area contributed by atoms with Crippen molar-refractivity contribution in [3.05, 3.63) is 72.2 Å². The molecule has 3 aromatic rings. The Balaban J connectivity index is 1.56. The monoisotopic (exact) mass is 295 g/mol. The lowest BCUT2D eigenvalue weighted by molar-refractivity contribution is 0.0953. The molecule has 2 aromatic heterocycles. The fourth-order valence-electron chi connectivity index (χ4n) is 2.19. The van der Waals surface area contributed by atoms with Gasteiger partial charge in [0.05, 0.1) is 6.20 Å². The zero-order chi connectivity index (χ0) is 15.4. The van der Waals surface area contributed by atoms with Gasteiger partial charge in [0, 0.05) is 36.6 Å². The maximum Gasteiger partial charge on any atom is 0.251 e. The Morgan fingerprint density at radius 1 is 1.23 bits per heavy atom. The number of benzene rings is 1. The molecule has 0 aliphatic rings. The van der Waals surface area contributed by atoms with Crippen LogP contribution in [0.1, 0.15) is 22.0 Å². The third kappa shape index (κ3) is 3.25. The van der Waals surface area contributed by atoms with Crippen molar-refractivity contribution in [1.29, 1.82) is 0 Å². The molecule has 0 saturated heterocycles. The van der Waals surface area contributed by atoms with Crippen LogP contribution in [0.15, 0.2) is 59.4 Å². The van der Waals surface area contributed by atoms with E-state index >= 15 is 0 Å². The normalized spacial score (nSPS) is 10.6. The minimum atomic E-state index is -0.0951. The van der Waals surface area contributed by atoms with Gasteiger partial charge in [-0.25, -0.2) is 4.98 Å². The number of hydrogen-bond acceptors (Lipinski definition) is 3. The number of nitrogens with zero attached hydrogens (tertiary/aromatic N) is 2. The number of aromatic nitrogens is 2. The number of amides is 1. The van der Waals surface area contributed by atoms with Gasteiger partial charge in [0.1, 0.15) is 5.76 Å². The molecule has 0 atom stereocenters. The van der Waals surface area contributed by atoms with E-state index in [1.807, 2.05) is 60.3 Å². The second-order valence-electron chi connectivity index (χ2n) is 5.01. The largest absolute Gasteiger partial charge is 0.446 e. The molecule has 5 heteroatoms. The Morgan fingerprint density at radius 3 is 2.59 bits per heavy atom. The Kier molecular flexibility index (Phi) is 4.05. The van der Waals surface area contributed by atoms with Crippen molar-refractivity contribution in [2.75, 3.05) is 6.54 Å². The van der Waals surface area contributed by atoms with Crippen LogP contribution in [-0.4, -0.2) is 22.0 Å². The van der Waals surface area contributed by atoms with Crippen LogP contribution in [0.5, 0.6) is 0 Å².